The van der Waals surface area contributed by atoms with E-state index in [0.717, 1.165) is 12.8 Å². The largest absolute Gasteiger partial charge is 0.384 e. The molecule has 0 saturated carbocycles. The Balaban J connectivity index is 1.89. The SMILES string of the molecule is CN1C[C@@H]2CC[C@H](CC1=O)N2C(=O)c1ccnc(N)c1. The minimum Gasteiger partial charge on any atom is -0.384 e. The first-order valence-electron chi connectivity index (χ1n) is 6.84. The summed E-state index contributed by atoms with van der Waals surface area (Å²) in [5.74, 6) is 0.408. The van der Waals surface area contributed by atoms with Gasteiger partial charge in [0.15, 0.2) is 0 Å². The van der Waals surface area contributed by atoms with Crippen LogP contribution in [0.4, 0.5) is 5.82 Å². The van der Waals surface area contributed by atoms with Crippen LogP contribution in [0.2, 0.25) is 0 Å². The number of aromatic nitrogens is 1. The van der Waals surface area contributed by atoms with Gasteiger partial charge >= 0.3 is 0 Å². The number of nitrogens with zero attached hydrogens (tertiary/aromatic N) is 3. The highest BCUT2D eigenvalue weighted by molar-refractivity contribution is 5.96. The summed E-state index contributed by atoms with van der Waals surface area (Å²) in [6.07, 6.45) is 3.81. The molecule has 6 nitrogen and oxygen atoms in total. The Labute approximate surface area is 117 Å². The number of amides is 2. The topological polar surface area (TPSA) is 79.5 Å². The lowest BCUT2D eigenvalue weighted by Gasteiger charge is -2.28. The Hall–Kier alpha value is -2.11. The Morgan fingerprint density at radius 1 is 1.40 bits per heavy atom. The first kappa shape index (κ1) is 12.9. The monoisotopic (exact) mass is 274 g/mol. The highest BCUT2D eigenvalue weighted by Crippen LogP contribution is 2.31. The number of likely N-dealkylation sites (N-methyl/N-ethyl adjacent to an activating group) is 1. The van der Waals surface area contributed by atoms with E-state index in [1.54, 1.807) is 30.3 Å². The molecule has 2 aliphatic heterocycles. The predicted octanol–water partition coefficient (Wildman–Crippen LogP) is 0.499. The van der Waals surface area contributed by atoms with Crippen LogP contribution in [0, 0.1) is 0 Å². The fraction of sp³-hybridized carbons (Fsp3) is 0.500. The summed E-state index contributed by atoms with van der Waals surface area (Å²) in [5.41, 5.74) is 6.19. The number of likely N-dealkylation sites (tertiary alicyclic amines) is 1. The van der Waals surface area contributed by atoms with E-state index in [2.05, 4.69) is 4.98 Å². The summed E-state index contributed by atoms with van der Waals surface area (Å²) >= 11 is 0. The number of carbonyl (C=O) groups is 2. The summed E-state index contributed by atoms with van der Waals surface area (Å²) in [6.45, 7) is 0.613. The third-order valence-corrected chi connectivity index (χ3v) is 4.20. The van der Waals surface area contributed by atoms with Crippen molar-refractivity contribution in [3.8, 4) is 0 Å². The molecule has 0 aromatic carbocycles. The molecule has 6 heteroatoms. The van der Waals surface area contributed by atoms with Gasteiger partial charge in [-0.15, -0.1) is 0 Å². The predicted molar refractivity (Wildman–Crippen MR) is 73.9 cm³/mol. The number of nitrogens with two attached hydrogens (primary N) is 1. The second-order valence-electron chi connectivity index (χ2n) is 5.55. The molecule has 2 bridgehead atoms. The molecular formula is C14H18N4O2. The van der Waals surface area contributed by atoms with Crippen molar-refractivity contribution in [3.05, 3.63) is 23.9 Å². The Kier molecular flexibility index (Phi) is 3.08. The molecule has 2 fully saturated rings. The van der Waals surface area contributed by atoms with Crippen LogP contribution in [0.1, 0.15) is 29.6 Å². The normalized spacial score (nSPS) is 25.8. The minimum absolute atomic E-state index is 0.0133. The maximum absolute atomic E-state index is 12.7. The first-order valence-corrected chi connectivity index (χ1v) is 6.84. The van der Waals surface area contributed by atoms with Crippen LogP contribution < -0.4 is 5.73 Å². The molecule has 0 aliphatic carbocycles. The maximum Gasteiger partial charge on any atom is 0.254 e. The molecule has 3 heterocycles. The van der Waals surface area contributed by atoms with Gasteiger partial charge in [-0.3, -0.25) is 9.59 Å². The zero-order chi connectivity index (χ0) is 14.3. The number of rotatable bonds is 1. The van der Waals surface area contributed by atoms with Gasteiger partial charge in [0.25, 0.3) is 5.91 Å². The molecule has 3 rings (SSSR count). The highest BCUT2D eigenvalue weighted by Gasteiger charge is 2.42. The first-order chi connectivity index (χ1) is 9.56. The molecule has 2 atom stereocenters. The molecule has 106 valence electrons. The number of hydrogen-bond donors (Lipinski definition) is 1. The Morgan fingerprint density at radius 2 is 2.15 bits per heavy atom. The van der Waals surface area contributed by atoms with Gasteiger partial charge in [-0.25, -0.2) is 4.98 Å². The van der Waals surface area contributed by atoms with Gasteiger partial charge in [-0.05, 0) is 25.0 Å². The summed E-state index contributed by atoms with van der Waals surface area (Å²) in [6, 6.07) is 3.39. The van der Waals surface area contributed by atoms with Crippen molar-refractivity contribution < 1.29 is 9.59 Å². The van der Waals surface area contributed by atoms with E-state index in [1.165, 1.54) is 0 Å². The molecular weight excluding hydrogens is 256 g/mol. The zero-order valence-electron chi connectivity index (χ0n) is 11.5. The van der Waals surface area contributed by atoms with E-state index in [9.17, 15) is 9.59 Å². The average molecular weight is 274 g/mol. The summed E-state index contributed by atoms with van der Waals surface area (Å²) in [4.78, 5) is 32.1. The van der Waals surface area contributed by atoms with Crippen molar-refractivity contribution in [3.63, 3.8) is 0 Å². The van der Waals surface area contributed by atoms with Crippen molar-refractivity contribution in [1.82, 2.24) is 14.8 Å². The van der Waals surface area contributed by atoms with E-state index in [1.807, 2.05) is 4.90 Å². The van der Waals surface area contributed by atoms with Crippen molar-refractivity contribution in [2.24, 2.45) is 0 Å². The minimum atomic E-state index is -0.0466. The average Bonchev–Trinajstić information content (AvgIpc) is 2.74. The lowest BCUT2D eigenvalue weighted by molar-refractivity contribution is -0.130. The van der Waals surface area contributed by atoms with Gasteiger partial charge in [0.2, 0.25) is 5.91 Å². The van der Waals surface area contributed by atoms with Gasteiger partial charge in [-0.1, -0.05) is 0 Å². The van der Waals surface area contributed by atoms with Crippen LogP contribution in [-0.2, 0) is 4.79 Å². The fourth-order valence-corrected chi connectivity index (χ4v) is 3.18. The van der Waals surface area contributed by atoms with E-state index in [-0.39, 0.29) is 23.9 Å². The molecule has 1 aromatic rings. The van der Waals surface area contributed by atoms with Crippen LogP contribution in [0.3, 0.4) is 0 Å². The number of carbonyl (C=O) groups excluding carboxylic acids is 2. The van der Waals surface area contributed by atoms with E-state index < -0.39 is 0 Å². The van der Waals surface area contributed by atoms with E-state index in [0.29, 0.717) is 24.3 Å². The van der Waals surface area contributed by atoms with Crippen LogP contribution in [0.15, 0.2) is 18.3 Å². The molecule has 20 heavy (non-hydrogen) atoms. The Bertz CT molecular complexity index is 560. The maximum atomic E-state index is 12.7. The van der Waals surface area contributed by atoms with Crippen molar-refractivity contribution in [1.29, 1.82) is 0 Å². The van der Waals surface area contributed by atoms with Crippen molar-refractivity contribution in [2.45, 2.75) is 31.3 Å². The number of pyridine rings is 1. The molecule has 2 amide bonds. The van der Waals surface area contributed by atoms with Crippen LogP contribution >= 0.6 is 0 Å². The second kappa shape index (κ2) is 4.77. The fourth-order valence-electron chi connectivity index (χ4n) is 3.18. The van der Waals surface area contributed by atoms with Gasteiger partial charge < -0.3 is 15.5 Å². The number of hydrogen-bond acceptors (Lipinski definition) is 4. The van der Waals surface area contributed by atoms with Gasteiger partial charge in [0.1, 0.15) is 5.82 Å². The molecule has 2 N–H and O–H groups in total. The van der Waals surface area contributed by atoms with Gasteiger partial charge in [-0.2, -0.15) is 0 Å². The zero-order valence-corrected chi connectivity index (χ0v) is 11.5. The number of anilines is 1. The molecule has 2 aliphatic rings. The lowest BCUT2D eigenvalue weighted by atomic mass is 10.1. The molecule has 0 radical (unpaired) electrons. The third-order valence-electron chi connectivity index (χ3n) is 4.20. The summed E-state index contributed by atoms with van der Waals surface area (Å²) < 4.78 is 0. The molecule has 2 saturated heterocycles. The van der Waals surface area contributed by atoms with E-state index in [4.69, 9.17) is 5.73 Å². The van der Waals surface area contributed by atoms with E-state index >= 15 is 0 Å². The molecule has 0 spiro atoms. The van der Waals surface area contributed by atoms with Crippen LogP contribution in [-0.4, -0.2) is 52.3 Å². The summed E-state index contributed by atoms with van der Waals surface area (Å²) in [7, 11) is 1.80. The Morgan fingerprint density at radius 3 is 2.90 bits per heavy atom. The lowest BCUT2D eigenvalue weighted by Crippen LogP contribution is -2.42. The molecule has 0 unspecified atom stereocenters. The molecule has 1 aromatic heterocycles. The number of nitrogen functional groups attached to an aromatic ring is 1. The van der Waals surface area contributed by atoms with Crippen LogP contribution in [0.5, 0.6) is 0 Å². The van der Waals surface area contributed by atoms with Crippen molar-refractivity contribution in [2.75, 3.05) is 19.3 Å². The van der Waals surface area contributed by atoms with Gasteiger partial charge in [0.05, 0.1) is 0 Å². The standard InChI is InChI=1S/C14H18N4O2/c1-17-8-11-3-2-10(7-13(17)19)18(11)14(20)9-4-5-16-12(15)6-9/h4-6,10-11H,2-3,7-8H2,1H3,(H2,15,16)/t10-,11+/m1/s1. The third kappa shape index (κ3) is 2.11. The van der Waals surface area contributed by atoms with Gasteiger partial charge in [0, 0.05) is 43.9 Å². The highest BCUT2D eigenvalue weighted by atomic mass is 16.2. The number of fused-ring (bicyclic) bond motifs is 2. The quantitative estimate of drug-likeness (QED) is 0.808. The second-order valence-corrected chi connectivity index (χ2v) is 5.55. The smallest absolute Gasteiger partial charge is 0.254 e. The van der Waals surface area contributed by atoms with Crippen LogP contribution in [0.25, 0.3) is 0 Å². The van der Waals surface area contributed by atoms with Crippen molar-refractivity contribution >= 4 is 17.6 Å². The summed E-state index contributed by atoms with van der Waals surface area (Å²) in [5, 5.41) is 0.